The molecule has 0 bridgehead atoms. The number of hydrogen-bond acceptors (Lipinski definition) is 1. The van der Waals surface area contributed by atoms with Crippen molar-refractivity contribution >= 4 is 22.8 Å². The molecule has 4 nitrogen and oxygen atoms in total. The van der Waals surface area contributed by atoms with Crippen LogP contribution in [0.5, 0.6) is 0 Å². The quantitative estimate of drug-likeness (QED) is 0.410. The largest absolute Gasteiger partial charge is 3.00 e. The fraction of sp³-hybridized carbons (Fsp3) is 0.375. The molecule has 1 fully saturated rings. The third-order valence-electron chi connectivity index (χ3n) is 4.53. The van der Waals surface area contributed by atoms with E-state index in [9.17, 15) is 0 Å². The molecule has 4 rings (SSSR count). The van der Waals surface area contributed by atoms with Crippen molar-refractivity contribution in [1.29, 1.82) is 0 Å². The third kappa shape index (κ3) is 8.00. The first-order chi connectivity index (χ1) is 13.7. The third-order valence-corrected chi connectivity index (χ3v) is 4.53. The standard InChI is InChI=1S/C20H19N2.2C2H6N.Zr/c1-2-11-18(12-3-1)21-14-17-10-6-9-16-13-19(22-20(16)17)15-7-4-5-8-15;2*1-3-2;/h1-3,6,9-15H,4-5,7-8H2;2*1-2H3;/q3*-1;+3. The molecule has 0 spiro atoms. The van der Waals surface area contributed by atoms with Crippen molar-refractivity contribution in [2.75, 3.05) is 28.2 Å². The molecule has 0 aliphatic heterocycles. The van der Waals surface area contributed by atoms with Crippen molar-refractivity contribution < 1.29 is 26.2 Å². The predicted molar refractivity (Wildman–Crippen MR) is 123 cm³/mol. The summed E-state index contributed by atoms with van der Waals surface area (Å²) in [5, 5.41) is 8.24. The van der Waals surface area contributed by atoms with Crippen LogP contribution in [0.15, 0.2) is 59.6 Å². The van der Waals surface area contributed by atoms with E-state index in [2.05, 4.69) is 39.9 Å². The van der Waals surface area contributed by atoms with Gasteiger partial charge in [0.25, 0.3) is 0 Å². The fourth-order valence-corrected chi connectivity index (χ4v) is 3.34. The van der Waals surface area contributed by atoms with Crippen LogP contribution < -0.4 is 4.98 Å². The van der Waals surface area contributed by atoms with E-state index in [0.29, 0.717) is 5.92 Å². The Morgan fingerprint density at radius 2 is 1.52 bits per heavy atom. The van der Waals surface area contributed by atoms with E-state index in [-0.39, 0.29) is 26.2 Å². The number of benzene rings is 2. The minimum Gasteiger partial charge on any atom is -0.668 e. The number of rotatable bonds is 3. The minimum atomic E-state index is 0. The van der Waals surface area contributed by atoms with Gasteiger partial charge in [0.05, 0.1) is 5.69 Å². The summed E-state index contributed by atoms with van der Waals surface area (Å²) in [5.74, 6) is 0.659. The molecule has 1 radical (unpaired) electrons. The molecule has 0 amide bonds. The van der Waals surface area contributed by atoms with Crippen LogP contribution in [-0.2, 0) is 26.2 Å². The van der Waals surface area contributed by atoms with E-state index in [1.54, 1.807) is 28.2 Å². The smallest absolute Gasteiger partial charge is 0.668 e. The maximum atomic E-state index is 4.92. The van der Waals surface area contributed by atoms with Gasteiger partial charge in [-0.2, -0.15) is 33.9 Å². The van der Waals surface area contributed by atoms with E-state index >= 15 is 0 Å². The Balaban J connectivity index is 0.000000540. The molecule has 3 aromatic rings. The van der Waals surface area contributed by atoms with Crippen LogP contribution in [0.4, 0.5) is 5.69 Å². The molecule has 151 valence electrons. The Labute approximate surface area is 194 Å². The van der Waals surface area contributed by atoms with Crippen molar-refractivity contribution in [2.45, 2.75) is 31.6 Å². The average Bonchev–Trinajstić information content (AvgIpc) is 3.38. The summed E-state index contributed by atoms with van der Waals surface area (Å²) in [6.07, 6.45) is 7.20. The van der Waals surface area contributed by atoms with Crippen molar-refractivity contribution in [3.63, 3.8) is 0 Å². The zero-order valence-corrected chi connectivity index (χ0v) is 20.4. The van der Waals surface area contributed by atoms with Crippen LogP contribution in [0, 0.1) is 0 Å². The van der Waals surface area contributed by atoms with Gasteiger partial charge < -0.3 is 15.6 Å². The summed E-state index contributed by atoms with van der Waals surface area (Å²) in [4.78, 5) is 9.48. The molecule has 0 N–H and O–H groups in total. The van der Waals surface area contributed by atoms with E-state index in [0.717, 1.165) is 16.8 Å². The number of aromatic nitrogens is 1. The topological polar surface area (TPSA) is 54.7 Å². The van der Waals surface area contributed by atoms with E-state index < -0.39 is 0 Å². The second-order valence-corrected chi connectivity index (χ2v) is 6.94. The first kappa shape index (κ1) is 25.5. The maximum Gasteiger partial charge on any atom is 3.00 e. The molecule has 0 unspecified atom stereocenters. The zero-order chi connectivity index (χ0) is 20.2. The Morgan fingerprint density at radius 3 is 2.14 bits per heavy atom. The monoisotopic (exact) mass is 465 g/mol. The number of aliphatic imine (C=N–C) groups is 1. The summed E-state index contributed by atoms with van der Waals surface area (Å²) in [7, 11) is 7.00. The number of nitrogens with zero attached hydrogens (tertiary/aromatic N) is 4. The Kier molecular flexibility index (Phi) is 12.7. The van der Waals surface area contributed by atoms with Gasteiger partial charge in [-0.05, 0) is 41.8 Å². The molecular formula is C24H31N4Zr. The predicted octanol–water partition coefficient (Wildman–Crippen LogP) is 6.44. The molecule has 1 aliphatic carbocycles. The number of para-hydroxylation sites is 2. The molecule has 29 heavy (non-hydrogen) atoms. The SMILES string of the molecule is C(=Nc1ccccc1)c1cccc2cc(C3CCCC3)[n-]c12.C[N-]C.C[N-]C.[Zr+3]. The molecule has 1 heterocycles. The molecule has 1 saturated carbocycles. The molecule has 1 aliphatic rings. The Bertz CT molecular complexity index is 834. The van der Waals surface area contributed by atoms with Crippen LogP contribution in [0.25, 0.3) is 21.5 Å². The first-order valence-corrected chi connectivity index (χ1v) is 9.84. The van der Waals surface area contributed by atoms with Gasteiger partial charge in [0.2, 0.25) is 0 Å². The Morgan fingerprint density at radius 1 is 0.897 bits per heavy atom. The minimum absolute atomic E-state index is 0. The normalized spacial score (nSPS) is 13.4. The van der Waals surface area contributed by atoms with Crippen molar-refractivity contribution in [3.05, 3.63) is 76.5 Å². The summed E-state index contributed by atoms with van der Waals surface area (Å²) in [6, 6.07) is 18.7. The van der Waals surface area contributed by atoms with Gasteiger partial charge in [-0.25, -0.2) is 0 Å². The fourth-order valence-electron chi connectivity index (χ4n) is 3.34. The van der Waals surface area contributed by atoms with Crippen LogP contribution in [0.3, 0.4) is 0 Å². The molecule has 5 heteroatoms. The number of fused-ring (bicyclic) bond motifs is 1. The van der Waals surface area contributed by atoms with E-state index in [1.807, 2.05) is 36.5 Å². The molecule has 1 aromatic heterocycles. The average molecular weight is 467 g/mol. The van der Waals surface area contributed by atoms with Crippen LogP contribution in [0.1, 0.15) is 42.9 Å². The van der Waals surface area contributed by atoms with Crippen LogP contribution in [-0.4, -0.2) is 34.4 Å². The van der Waals surface area contributed by atoms with Crippen molar-refractivity contribution in [1.82, 2.24) is 4.98 Å². The van der Waals surface area contributed by atoms with Crippen LogP contribution in [0.2, 0.25) is 0 Å². The Hall–Kier alpha value is -1.55. The van der Waals surface area contributed by atoms with Crippen molar-refractivity contribution in [2.24, 2.45) is 4.99 Å². The van der Waals surface area contributed by atoms with Gasteiger partial charge in [-0.1, -0.05) is 55.3 Å². The number of hydrogen-bond donors (Lipinski definition) is 0. The molecule has 0 atom stereocenters. The van der Waals surface area contributed by atoms with E-state index in [4.69, 9.17) is 4.98 Å². The van der Waals surface area contributed by atoms with Crippen molar-refractivity contribution in [3.8, 4) is 0 Å². The van der Waals surface area contributed by atoms with E-state index in [1.165, 1.54) is 36.8 Å². The summed E-state index contributed by atoms with van der Waals surface area (Å²) < 4.78 is 0. The van der Waals surface area contributed by atoms with Gasteiger partial charge in [0.1, 0.15) is 0 Å². The summed E-state index contributed by atoms with van der Waals surface area (Å²) in [6.45, 7) is 0. The second-order valence-electron chi connectivity index (χ2n) is 6.94. The summed E-state index contributed by atoms with van der Waals surface area (Å²) >= 11 is 0. The van der Waals surface area contributed by atoms with Gasteiger partial charge in [0.15, 0.2) is 0 Å². The summed E-state index contributed by atoms with van der Waals surface area (Å²) in [5.41, 5.74) is 4.44. The zero-order valence-electron chi connectivity index (χ0n) is 18.0. The first-order valence-electron chi connectivity index (χ1n) is 9.84. The van der Waals surface area contributed by atoms with Gasteiger partial charge in [-0.15, -0.1) is 5.52 Å². The maximum absolute atomic E-state index is 4.92. The van der Waals surface area contributed by atoms with Gasteiger partial charge in [-0.3, -0.25) is 4.99 Å². The van der Waals surface area contributed by atoms with Gasteiger partial charge >= 0.3 is 26.2 Å². The second kappa shape index (κ2) is 14.4. The molecule has 0 saturated heterocycles. The van der Waals surface area contributed by atoms with Gasteiger partial charge in [0, 0.05) is 6.21 Å². The molecular weight excluding hydrogens is 436 g/mol. The molecule has 2 aromatic carbocycles. The van der Waals surface area contributed by atoms with Crippen LogP contribution >= 0.6 is 0 Å².